The standard InChI is InChI=1S/C29H26N2O7S/c1-5-38-18-9-6-16(7-10-18)26(32)24-25(17-8-13-21(36-3)22(14-17)37-4)31(28(34)27(24)33)29-30-20-12-11-19(35-2)15-23(20)39-29/h6-15,25,32H,5H2,1-4H3/b26-24+/t25-/m1/s1. The number of benzene rings is 3. The summed E-state index contributed by atoms with van der Waals surface area (Å²) >= 11 is 1.25. The van der Waals surface area contributed by atoms with Crippen molar-refractivity contribution in [3.63, 3.8) is 0 Å². The van der Waals surface area contributed by atoms with Crippen LogP contribution in [0.3, 0.4) is 0 Å². The number of aliphatic hydroxyl groups is 1. The first kappa shape index (κ1) is 26.1. The highest BCUT2D eigenvalue weighted by Gasteiger charge is 2.48. The predicted octanol–water partition coefficient (Wildman–Crippen LogP) is 5.35. The summed E-state index contributed by atoms with van der Waals surface area (Å²) in [5.74, 6) is 0.239. The average Bonchev–Trinajstić information content (AvgIpc) is 3.50. The molecule has 1 aliphatic heterocycles. The number of carbonyl (C=O) groups excluding carboxylic acids is 2. The van der Waals surface area contributed by atoms with E-state index in [4.69, 9.17) is 18.9 Å². The number of aromatic nitrogens is 1. The average molecular weight is 547 g/mol. The van der Waals surface area contributed by atoms with Gasteiger partial charge in [0.15, 0.2) is 16.6 Å². The zero-order valence-corrected chi connectivity index (χ0v) is 22.6. The minimum Gasteiger partial charge on any atom is -0.507 e. The van der Waals surface area contributed by atoms with Crippen LogP contribution in [0.1, 0.15) is 24.1 Å². The Kier molecular flexibility index (Phi) is 7.12. The first-order valence-corrected chi connectivity index (χ1v) is 12.9. The van der Waals surface area contributed by atoms with Gasteiger partial charge >= 0.3 is 5.91 Å². The number of anilines is 1. The Labute approximate surface area is 228 Å². The first-order chi connectivity index (χ1) is 18.9. The van der Waals surface area contributed by atoms with Crippen LogP contribution in [-0.2, 0) is 9.59 Å². The van der Waals surface area contributed by atoms with E-state index in [0.717, 1.165) is 4.70 Å². The Morgan fingerprint density at radius 1 is 0.923 bits per heavy atom. The Morgan fingerprint density at radius 2 is 1.64 bits per heavy atom. The molecular formula is C29H26N2O7S. The zero-order chi connectivity index (χ0) is 27.7. The molecule has 0 aliphatic carbocycles. The molecule has 3 aromatic carbocycles. The van der Waals surface area contributed by atoms with Crippen LogP contribution in [0.4, 0.5) is 5.13 Å². The number of amides is 1. The maximum absolute atomic E-state index is 13.5. The second-order valence-corrected chi connectivity index (χ2v) is 9.58. The Bertz CT molecular complexity index is 1590. The van der Waals surface area contributed by atoms with Gasteiger partial charge in [0.05, 0.1) is 49.8 Å². The van der Waals surface area contributed by atoms with E-state index in [1.807, 2.05) is 13.0 Å². The van der Waals surface area contributed by atoms with Gasteiger partial charge < -0.3 is 24.1 Å². The number of ketones is 1. The number of rotatable bonds is 8. The van der Waals surface area contributed by atoms with Crippen molar-refractivity contribution in [2.75, 3.05) is 32.8 Å². The third kappa shape index (κ3) is 4.63. The van der Waals surface area contributed by atoms with Crippen LogP contribution >= 0.6 is 11.3 Å². The highest BCUT2D eigenvalue weighted by molar-refractivity contribution is 7.22. The summed E-state index contributed by atoms with van der Waals surface area (Å²) in [6, 6.07) is 16.2. The van der Waals surface area contributed by atoms with E-state index in [2.05, 4.69) is 4.98 Å². The number of methoxy groups -OCH3 is 3. The lowest BCUT2D eigenvalue weighted by Gasteiger charge is -2.23. The minimum atomic E-state index is -0.973. The van der Waals surface area contributed by atoms with Crippen LogP contribution in [-0.4, -0.2) is 49.7 Å². The second kappa shape index (κ2) is 10.7. The van der Waals surface area contributed by atoms with E-state index in [1.165, 1.54) is 30.5 Å². The Morgan fingerprint density at radius 3 is 2.31 bits per heavy atom. The molecule has 1 aliphatic rings. The quantitative estimate of drug-likeness (QED) is 0.179. The molecule has 10 heteroatoms. The van der Waals surface area contributed by atoms with Gasteiger partial charge in [0, 0.05) is 5.56 Å². The van der Waals surface area contributed by atoms with Gasteiger partial charge in [-0.3, -0.25) is 14.5 Å². The molecule has 9 nitrogen and oxygen atoms in total. The van der Waals surface area contributed by atoms with E-state index < -0.39 is 17.7 Å². The monoisotopic (exact) mass is 546 g/mol. The van der Waals surface area contributed by atoms with Crippen LogP contribution in [0.25, 0.3) is 16.0 Å². The molecule has 5 rings (SSSR count). The van der Waals surface area contributed by atoms with Gasteiger partial charge in [0.25, 0.3) is 5.78 Å². The fourth-order valence-corrected chi connectivity index (χ4v) is 5.54. The summed E-state index contributed by atoms with van der Waals surface area (Å²) in [5.41, 5.74) is 1.50. The van der Waals surface area contributed by atoms with Crippen molar-refractivity contribution < 1.29 is 33.6 Å². The number of ether oxygens (including phenoxy) is 4. The van der Waals surface area contributed by atoms with Crippen molar-refractivity contribution in [2.24, 2.45) is 0 Å². The van der Waals surface area contributed by atoms with Crippen LogP contribution in [0.15, 0.2) is 66.2 Å². The molecule has 1 amide bonds. The molecule has 0 spiro atoms. The number of fused-ring (bicyclic) bond motifs is 1. The van der Waals surface area contributed by atoms with Crippen LogP contribution < -0.4 is 23.8 Å². The summed E-state index contributed by atoms with van der Waals surface area (Å²) in [4.78, 5) is 33.0. The normalized spacial score (nSPS) is 16.5. The molecule has 0 saturated carbocycles. The van der Waals surface area contributed by atoms with Gasteiger partial charge in [0.2, 0.25) is 0 Å². The summed E-state index contributed by atoms with van der Waals surface area (Å²) in [6.45, 7) is 2.36. The molecule has 1 saturated heterocycles. The highest BCUT2D eigenvalue weighted by atomic mass is 32.1. The maximum atomic E-state index is 13.5. The molecule has 0 radical (unpaired) electrons. The van der Waals surface area contributed by atoms with Crippen LogP contribution in [0.2, 0.25) is 0 Å². The number of hydrogen-bond acceptors (Lipinski definition) is 9. The van der Waals surface area contributed by atoms with Gasteiger partial charge in [-0.15, -0.1) is 0 Å². The summed E-state index contributed by atoms with van der Waals surface area (Å²) in [6.07, 6.45) is 0. The number of hydrogen-bond donors (Lipinski definition) is 1. The predicted molar refractivity (Wildman–Crippen MR) is 148 cm³/mol. The number of Topliss-reactive ketones (excluding diaryl/α,β-unsaturated/α-hetero) is 1. The van der Waals surface area contributed by atoms with E-state index in [1.54, 1.807) is 61.7 Å². The molecule has 39 heavy (non-hydrogen) atoms. The lowest BCUT2D eigenvalue weighted by molar-refractivity contribution is -0.132. The van der Waals surface area contributed by atoms with Gasteiger partial charge in [-0.1, -0.05) is 17.4 Å². The number of carbonyl (C=O) groups is 2. The minimum absolute atomic E-state index is 0.0618. The van der Waals surface area contributed by atoms with Crippen molar-refractivity contribution in [3.8, 4) is 23.0 Å². The summed E-state index contributed by atoms with van der Waals surface area (Å²) < 4.78 is 22.5. The lowest BCUT2D eigenvalue weighted by atomic mass is 9.95. The topological polar surface area (TPSA) is 107 Å². The van der Waals surface area contributed by atoms with Gasteiger partial charge in [0.1, 0.15) is 17.3 Å². The van der Waals surface area contributed by atoms with Crippen LogP contribution in [0, 0.1) is 0 Å². The van der Waals surface area contributed by atoms with Crippen molar-refractivity contribution in [1.82, 2.24) is 4.98 Å². The fraction of sp³-hybridized carbons (Fsp3) is 0.207. The van der Waals surface area contributed by atoms with E-state index >= 15 is 0 Å². The van der Waals surface area contributed by atoms with E-state index in [-0.39, 0.29) is 11.3 Å². The molecule has 200 valence electrons. The van der Waals surface area contributed by atoms with Crippen molar-refractivity contribution in [1.29, 1.82) is 0 Å². The third-order valence-electron chi connectivity index (χ3n) is 6.40. The van der Waals surface area contributed by atoms with Crippen molar-refractivity contribution in [3.05, 3.63) is 77.4 Å². The van der Waals surface area contributed by atoms with Gasteiger partial charge in [-0.25, -0.2) is 4.98 Å². The molecular weight excluding hydrogens is 520 g/mol. The number of nitrogens with zero attached hydrogens (tertiary/aromatic N) is 2. The van der Waals surface area contributed by atoms with Crippen molar-refractivity contribution in [2.45, 2.75) is 13.0 Å². The molecule has 1 atom stereocenters. The van der Waals surface area contributed by atoms with Crippen molar-refractivity contribution >= 4 is 44.1 Å². The summed E-state index contributed by atoms with van der Waals surface area (Å²) in [7, 11) is 4.59. The zero-order valence-electron chi connectivity index (χ0n) is 21.8. The first-order valence-electron chi connectivity index (χ1n) is 12.1. The number of aliphatic hydroxyl groups excluding tert-OH is 1. The Hall–Kier alpha value is -4.57. The fourth-order valence-electron chi connectivity index (χ4n) is 4.52. The van der Waals surface area contributed by atoms with Gasteiger partial charge in [-0.2, -0.15) is 0 Å². The highest BCUT2D eigenvalue weighted by Crippen LogP contribution is 2.46. The number of thiazole rings is 1. The molecule has 1 N–H and O–H groups in total. The van der Waals surface area contributed by atoms with Gasteiger partial charge in [-0.05, 0) is 67.1 Å². The second-order valence-electron chi connectivity index (χ2n) is 8.57. The summed E-state index contributed by atoms with van der Waals surface area (Å²) in [5, 5.41) is 11.7. The molecule has 0 unspecified atom stereocenters. The SMILES string of the molecule is CCOc1ccc(/C(O)=C2\C(=O)C(=O)N(c3nc4ccc(OC)cc4s3)[C@@H]2c2ccc(OC)c(OC)c2)cc1. The van der Waals surface area contributed by atoms with E-state index in [0.29, 0.717) is 51.4 Å². The molecule has 1 fully saturated rings. The lowest BCUT2D eigenvalue weighted by Crippen LogP contribution is -2.29. The molecule has 2 heterocycles. The largest absolute Gasteiger partial charge is 0.507 e. The Balaban J connectivity index is 1.70. The molecule has 0 bridgehead atoms. The molecule has 4 aromatic rings. The van der Waals surface area contributed by atoms with E-state index in [9.17, 15) is 14.7 Å². The smallest absolute Gasteiger partial charge is 0.301 e. The third-order valence-corrected chi connectivity index (χ3v) is 7.41. The van der Waals surface area contributed by atoms with Crippen LogP contribution in [0.5, 0.6) is 23.0 Å². The molecule has 1 aromatic heterocycles. The maximum Gasteiger partial charge on any atom is 0.301 e.